The number of carbonyl (C=O) groups excluding carboxylic acids is 1. The Bertz CT molecular complexity index is 1180. The van der Waals surface area contributed by atoms with Crippen molar-refractivity contribution in [3.63, 3.8) is 0 Å². The number of benzene rings is 2. The summed E-state index contributed by atoms with van der Waals surface area (Å²) in [6, 6.07) is 15.0. The number of aryl methyl sites for hydroxylation is 2. The third kappa shape index (κ3) is 6.44. The van der Waals surface area contributed by atoms with Crippen molar-refractivity contribution >= 4 is 50.9 Å². The molecule has 0 unspecified atom stereocenters. The molecule has 32 heavy (non-hydrogen) atoms. The number of hydrogen-bond donors (Lipinski definition) is 2. The summed E-state index contributed by atoms with van der Waals surface area (Å²) in [5, 5.41) is 3.18. The van der Waals surface area contributed by atoms with Gasteiger partial charge in [-0.15, -0.1) is 11.8 Å². The second-order valence-corrected chi connectivity index (χ2v) is 10.5. The molecule has 0 fully saturated rings. The molecule has 0 saturated carbocycles. The standard InChI is InChI=1S/C22H23ClN4O3S2/c1-4-20(31-18-9-5-16(23)6-10-18)21(28)26-17-7-11-19(12-8-17)32(29,30)27-22-24-14(2)13-15(3)25-22/h5-13,20H,4H2,1-3H3,(H,26,28)(H,24,25,27)/t20-/m1/s1. The summed E-state index contributed by atoms with van der Waals surface area (Å²) in [7, 11) is -3.86. The zero-order valence-electron chi connectivity index (χ0n) is 17.8. The van der Waals surface area contributed by atoms with Crippen molar-refractivity contribution < 1.29 is 13.2 Å². The molecule has 1 atom stereocenters. The van der Waals surface area contributed by atoms with E-state index >= 15 is 0 Å². The fourth-order valence-corrected chi connectivity index (χ4v) is 4.91. The SMILES string of the molecule is CC[C@@H](Sc1ccc(Cl)cc1)C(=O)Nc1ccc(S(=O)(=O)Nc2nc(C)cc(C)n2)cc1. The van der Waals surface area contributed by atoms with Crippen molar-refractivity contribution in [2.75, 3.05) is 10.0 Å². The minimum Gasteiger partial charge on any atom is -0.325 e. The maximum Gasteiger partial charge on any atom is 0.264 e. The molecule has 2 aromatic carbocycles. The Hall–Kier alpha value is -2.62. The van der Waals surface area contributed by atoms with Gasteiger partial charge in [0.2, 0.25) is 11.9 Å². The lowest BCUT2D eigenvalue weighted by atomic mass is 10.3. The molecule has 0 aliphatic heterocycles. The first kappa shape index (κ1) is 24.0. The molecule has 3 aromatic rings. The molecule has 3 rings (SSSR count). The molecule has 7 nitrogen and oxygen atoms in total. The summed E-state index contributed by atoms with van der Waals surface area (Å²) in [6.45, 7) is 5.46. The summed E-state index contributed by atoms with van der Waals surface area (Å²) in [5.41, 5.74) is 1.83. The topological polar surface area (TPSA) is 101 Å². The molecule has 0 spiro atoms. The predicted octanol–water partition coefficient (Wildman–Crippen LogP) is 5.06. The van der Waals surface area contributed by atoms with Crippen LogP contribution < -0.4 is 10.0 Å². The number of nitrogens with one attached hydrogen (secondary N) is 2. The van der Waals surface area contributed by atoms with Crippen LogP contribution in [-0.2, 0) is 14.8 Å². The number of aromatic nitrogens is 2. The molecule has 1 amide bonds. The number of halogens is 1. The molecule has 1 heterocycles. The number of nitrogens with zero attached hydrogens (tertiary/aromatic N) is 2. The summed E-state index contributed by atoms with van der Waals surface area (Å²) >= 11 is 7.36. The Labute approximate surface area is 197 Å². The van der Waals surface area contributed by atoms with E-state index in [9.17, 15) is 13.2 Å². The van der Waals surface area contributed by atoms with Gasteiger partial charge in [0.25, 0.3) is 10.0 Å². The Morgan fingerprint density at radius 2 is 1.62 bits per heavy atom. The van der Waals surface area contributed by atoms with E-state index in [1.165, 1.54) is 23.9 Å². The van der Waals surface area contributed by atoms with E-state index in [-0.39, 0.29) is 22.0 Å². The van der Waals surface area contributed by atoms with Crippen LogP contribution in [0, 0.1) is 13.8 Å². The maximum atomic E-state index is 12.7. The molecule has 168 valence electrons. The minimum absolute atomic E-state index is 0.0184. The molecule has 0 radical (unpaired) electrons. The van der Waals surface area contributed by atoms with Gasteiger partial charge in [0.1, 0.15) is 0 Å². The average molecular weight is 491 g/mol. The highest BCUT2D eigenvalue weighted by molar-refractivity contribution is 8.00. The molecule has 0 saturated heterocycles. The number of hydrogen-bond acceptors (Lipinski definition) is 6. The number of sulfonamides is 1. The molecule has 0 bridgehead atoms. The normalized spacial score (nSPS) is 12.2. The van der Waals surface area contributed by atoms with Crippen LogP contribution in [0.15, 0.2) is 64.4 Å². The van der Waals surface area contributed by atoms with Crippen LogP contribution in [0.1, 0.15) is 24.7 Å². The molecule has 10 heteroatoms. The third-order valence-corrected chi connectivity index (χ3v) is 7.37. The van der Waals surface area contributed by atoms with Crippen LogP contribution in [0.4, 0.5) is 11.6 Å². The number of anilines is 2. The highest BCUT2D eigenvalue weighted by Crippen LogP contribution is 2.28. The van der Waals surface area contributed by atoms with Gasteiger partial charge >= 0.3 is 0 Å². The largest absolute Gasteiger partial charge is 0.325 e. The summed E-state index contributed by atoms with van der Waals surface area (Å²) < 4.78 is 27.7. The first-order valence-corrected chi connectivity index (χ1v) is 12.6. The lowest BCUT2D eigenvalue weighted by Crippen LogP contribution is -2.24. The van der Waals surface area contributed by atoms with Gasteiger partial charge < -0.3 is 5.32 Å². The molecule has 1 aromatic heterocycles. The van der Waals surface area contributed by atoms with Crippen LogP contribution in [0.3, 0.4) is 0 Å². The number of amides is 1. The minimum atomic E-state index is -3.86. The first-order valence-electron chi connectivity index (χ1n) is 9.84. The molecular formula is C22H23ClN4O3S2. The fourth-order valence-electron chi connectivity index (χ4n) is 2.89. The Balaban J connectivity index is 1.67. The quantitative estimate of drug-likeness (QED) is 0.428. The Kier molecular flexibility index (Phi) is 7.76. The van der Waals surface area contributed by atoms with Crippen molar-refractivity contribution in [1.29, 1.82) is 0 Å². The van der Waals surface area contributed by atoms with Gasteiger partial charge in [-0.25, -0.2) is 23.1 Å². The van der Waals surface area contributed by atoms with E-state index in [1.807, 2.05) is 19.1 Å². The lowest BCUT2D eigenvalue weighted by molar-refractivity contribution is -0.115. The van der Waals surface area contributed by atoms with E-state index in [0.717, 1.165) is 4.90 Å². The van der Waals surface area contributed by atoms with Gasteiger partial charge in [0, 0.05) is 27.0 Å². The lowest BCUT2D eigenvalue weighted by Gasteiger charge is -2.15. The van der Waals surface area contributed by atoms with E-state index < -0.39 is 10.0 Å². The van der Waals surface area contributed by atoms with Gasteiger partial charge in [-0.05, 0) is 74.9 Å². The van der Waals surface area contributed by atoms with Gasteiger partial charge in [-0.3, -0.25) is 4.79 Å². The maximum absolute atomic E-state index is 12.7. The third-order valence-electron chi connectivity index (χ3n) is 4.40. The van der Waals surface area contributed by atoms with Crippen molar-refractivity contribution in [3.05, 3.63) is 71.0 Å². The summed E-state index contributed by atoms with van der Waals surface area (Å²) in [6.07, 6.45) is 0.630. The van der Waals surface area contributed by atoms with Crippen LogP contribution in [0.5, 0.6) is 0 Å². The van der Waals surface area contributed by atoms with Gasteiger partial charge in [0.05, 0.1) is 10.1 Å². The van der Waals surface area contributed by atoms with Crippen molar-refractivity contribution in [3.8, 4) is 0 Å². The number of rotatable bonds is 8. The second-order valence-electron chi connectivity index (χ2n) is 7.06. The smallest absolute Gasteiger partial charge is 0.264 e. The van der Waals surface area contributed by atoms with E-state index in [0.29, 0.717) is 28.5 Å². The predicted molar refractivity (Wildman–Crippen MR) is 129 cm³/mol. The highest BCUT2D eigenvalue weighted by Gasteiger charge is 2.19. The molecule has 0 aliphatic carbocycles. The van der Waals surface area contributed by atoms with Gasteiger partial charge in [-0.1, -0.05) is 18.5 Å². The van der Waals surface area contributed by atoms with E-state index in [4.69, 9.17) is 11.6 Å². The monoisotopic (exact) mass is 490 g/mol. The van der Waals surface area contributed by atoms with Crippen molar-refractivity contribution in [1.82, 2.24) is 9.97 Å². The molecule has 0 aliphatic rings. The highest BCUT2D eigenvalue weighted by atomic mass is 35.5. The molecule has 2 N–H and O–H groups in total. The Morgan fingerprint density at radius 3 is 2.19 bits per heavy atom. The zero-order chi connectivity index (χ0) is 23.3. The van der Waals surface area contributed by atoms with Gasteiger partial charge in [0.15, 0.2) is 0 Å². The number of thioether (sulfide) groups is 1. The number of carbonyl (C=O) groups is 1. The fraction of sp³-hybridized carbons (Fsp3) is 0.227. The van der Waals surface area contributed by atoms with Gasteiger partial charge in [-0.2, -0.15) is 0 Å². The summed E-state index contributed by atoms with van der Waals surface area (Å²) in [4.78, 5) is 21.9. The molecular weight excluding hydrogens is 468 g/mol. The first-order chi connectivity index (χ1) is 15.2. The summed E-state index contributed by atoms with van der Waals surface area (Å²) in [5.74, 6) is -0.144. The van der Waals surface area contributed by atoms with Crippen LogP contribution in [-0.4, -0.2) is 29.5 Å². The van der Waals surface area contributed by atoms with Crippen molar-refractivity contribution in [2.24, 2.45) is 0 Å². The zero-order valence-corrected chi connectivity index (χ0v) is 20.2. The Morgan fingerprint density at radius 1 is 1.03 bits per heavy atom. The second kappa shape index (κ2) is 10.3. The average Bonchev–Trinajstić information content (AvgIpc) is 2.72. The van der Waals surface area contributed by atoms with Crippen LogP contribution >= 0.6 is 23.4 Å². The van der Waals surface area contributed by atoms with Crippen molar-refractivity contribution in [2.45, 2.75) is 42.2 Å². The van der Waals surface area contributed by atoms with Crippen LogP contribution in [0.25, 0.3) is 0 Å². The van der Waals surface area contributed by atoms with Crippen LogP contribution in [0.2, 0.25) is 5.02 Å². The van der Waals surface area contributed by atoms with E-state index in [2.05, 4.69) is 20.0 Å². The van der Waals surface area contributed by atoms with E-state index in [1.54, 1.807) is 44.2 Å².